The van der Waals surface area contributed by atoms with Crippen LogP contribution in [0.1, 0.15) is 53.4 Å². The molecule has 0 heterocycles. The van der Waals surface area contributed by atoms with Crippen molar-refractivity contribution in [1.29, 1.82) is 0 Å². The van der Waals surface area contributed by atoms with E-state index in [4.69, 9.17) is 4.43 Å². The van der Waals surface area contributed by atoms with Crippen LogP contribution < -0.4 is 0 Å². The first-order valence-electron chi connectivity index (χ1n) is 6.53. The Morgan fingerprint density at radius 2 is 1.82 bits per heavy atom. The fourth-order valence-corrected chi connectivity index (χ4v) is 3.27. The zero-order chi connectivity index (χ0) is 13.7. The van der Waals surface area contributed by atoms with Crippen molar-refractivity contribution in [2.75, 3.05) is 0 Å². The van der Waals surface area contributed by atoms with Gasteiger partial charge in [-0.1, -0.05) is 46.6 Å². The van der Waals surface area contributed by atoms with E-state index in [-0.39, 0.29) is 11.0 Å². The minimum Gasteiger partial charge on any atom is -0.516 e. The lowest BCUT2D eigenvalue weighted by molar-refractivity contribution is -0.131. The standard InChI is InChI=1S/C14H28O2Si/c1-8-9-10-11-14(4,5)17(6,7)16-13(15)12(2)3/h2,8-11H2,1,3-7H3. The molecule has 0 bridgehead atoms. The highest BCUT2D eigenvalue weighted by Crippen LogP contribution is 2.42. The minimum absolute atomic E-state index is 0.118. The molecule has 0 aromatic carbocycles. The molecule has 0 atom stereocenters. The van der Waals surface area contributed by atoms with Crippen LogP contribution in [-0.4, -0.2) is 14.3 Å². The first-order valence-corrected chi connectivity index (χ1v) is 9.43. The molecule has 3 heteroatoms. The van der Waals surface area contributed by atoms with E-state index in [1.807, 2.05) is 0 Å². The van der Waals surface area contributed by atoms with Gasteiger partial charge in [0.15, 0.2) is 0 Å². The van der Waals surface area contributed by atoms with Crippen LogP contribution in [0.5, 0.6) is 0 Å². The Morgan fingerprint density at radius 1 is 1.29 bits per heavy atom. The van der Waals surface area contributed by atoms with Crippen LogP contribution in [0.4, 0.5) is 0 Å². The van der Waals surface area contributed by atoms with Crippen molar-refractivity contribution in [2.45, 2.75) is 71.5 Å². The topological polar surface area (TPSA) is 26.3 Å². The Kier molecular flexibility index (Phi) is 6.17. The minimum atomic E-state index is -2.02. The number of hydrogen-bond acceptors (Lipinski definition) is 2. The third kappa shape index (κ3) is 5.07. The van der Waals surface area contributed by atoms with Crippen LogP contribution >= 0.6 is 0 Å². The van der Waals surface area contributed by atoms with Gasteiger partial charge in [-0.25, -0.2) is 4.79 Å². The van der Waals surface area contributed by atoms with Crippen LogP contribution in [0.15, 0.2) is 12.2 Å². The summed E-state index contributed by atoms with van der Waals surface area (Å²) in [6.07, 6.45) is 4.82. The van der Waals surface area contributed by atoms with Crippen molar-refractivity contribution in [3.63, 3.8) is 0 Å². The van der Waals surface area contributed by atoms with Gasteiger partial charge >= 0.3 is 5.97 Å². The molecule has 0 unspecified atom stereocenters. The van der Waals surface area contributed by atoms with Crippen molar-refractivity contribution in [1.82, 2.24) is 0 Å². The molecule has 100 valence electrons. The maximum absolute atomic E-state index is 11.6. The number of carbonyl (C=O) groups excluding carboxylic acids is 1. The van der Waals surface area contributed by atoms with E-state index in [1.165, 1.54) is 19.3 Å². The van der Waals surface area contributed by atoms with E-state index in [1.54, 1.807) is 6.92 Å². The maximum Gasteiger partial charge on any atom is 0.319 e. The summed E-state index contributed by atoms with van der Waals surface area (Å²) in [5.74, 6) is -0.231. The maximum atomic E-state index is 11.6. The average molecular weight is 256 g/mol. The number of hydrogen-bond donors (Lipinski definition) is 0. The van der Waals surface area contributed by atoms with Crippen molar-refractivity contribution >= 4 is 14.3 Å². The Balaban J connectivity index is 4.54. The predicted octanol–water partition coefficient (Wildman–Crippen LogP) is 4.67. The molecule has 0 N–H and O–H groups in total. The predicted molar refractivity (Wildman–Crippen MR) is 76.6 cm³/mol. The van der Waals surface area contributed by atoms with Crippen molar-refractivity contribution < 1.29 is 9.22 Å². The van der Waals surface area contributed by atoms with E-state index in [2.05, 4.69) is 40.4 Å². The van der Waals surface area contributed by atoms with E-state index in [9.17, 15) is 4.79 Å². The molecule has 0 spiro atoms. The third-order valence-electron chi connectivity index (χ3n) is 3.73. The molecule has 2 nitrogen and oxygen atoms in total. The summed E-state index contributed by atoms with van der Waals surface area (Å²) in [6, 6.07) is 0. The lowest BCUT2D eigenvalue weighted by Crippen LogP contribution is -2.44. The number of carbonyl (C=O) groups is 1. The van der Waals surface area contributed by atoms with Gasteiger partial charge < -0.3 is 4.43 Å². The van der Waals surface area contributed by atoms with Gasteiger partial charge in [0.25, 0.3) is 8.32 Å². The fraction of sp³-hybridized carbons (Fsp3) is 0.786. The van der Waals surface area contributed by atoms with Gasteiger partial charge in [0.1, 0.15) is 0 Å². The first kappa shape index (κ1) is 16.4. The molecule has 0 saturated heterocycles. The lowest BCUT2D eigenvalue weighted by atomic mass is 10.0. The quantitative estimate of drug-likeness (QED) is 0.376. The zero-order valence-electron chi connectivity index (χ0n) is 12.4. The molecule has 0 aliphatic rings. The molecule has 0 fully saturated rings. The summed E-state index contributed by atoms with van der Waals surface area (Å²) in [5.41, 5.74) is 0.495. The number of unbranched alkanes of at least 4 members (excludes halogenated alkanes) is 2. The van der Waals surface area contributed by atoms with Crippen molar-refractivity contribution in [3.05, 3.63) is 12.2 Å². The molecule has 0 aliphatic heterocycles. The smallest absolute Gasteiger partial charge is 0.319 e. The van der Waals surface area contributed by atoms with Gasteiger partial charge in [0.2, 0.25) is 0 Å². The molecule has 0 aromatic rings. The molecule has 0 amide bonds. The summed E-state index contributed by atoms with van der Waals surface area (Å²) < 4.78 is 5.70. The van der Waals surface area contributed by atoms with Crippen LogP contribution in [0.3, 0.4) is 0 Å². The van der Waals surface area contributed by atoms with Gasteiger partial charge in [-0.05, 0) is 31.5 Å². The molecule has 0 aromatic heterocycles. The Bertz CT molecular complexity index is 280. The highest BCUT2D eigenvalue weighted by Gasteiger charge is 2.43. The number of rotatable bonds is 7. The molecular weight excluding hydrogens is 228 g/mol. The van der Waals surface area contributed by atoms with Gasteiger partial charge in [-0.3, -0.25) is 0 Å². The van der Waals surface area contributed by atoms with Gasteiger partial charge in [0, 0.05) is 5.57 Å². The van der Waals surface area contributed by atoms with Crippen LogP contribution in [0.25, 0.3) is 0 Å². The van der Waals surface area contributed by atoms with Crippen LogP contribution in [-0.2, 0) is 9.22 Å². The summed E-state index contributed by atoms with van der Waals surface area (Å²) in [5, 5.41) is 0.118. The van der Waals surface area contributed by atoms with E-state index in [0.29, 0.717) is 5.57 Å². The summed E-state index contributed by atoms with van der Waals surface area (Å²) in [7, 11) is -2.02. The Morgan fingerprint density at radius 3 is 2.24 bits per heavy atom. The van der Waals surface area contributed by atoms with E-state index >= 15 is 0 Å². The van der Waals surface area contributed by atoms with Gasteiger partial charge in [0.05, 0.1) is 0 Å². The highest BCUT2D eigenvalue weighted by molar-refractivity contribution is 6.75. The largest absolute Gasteiger partial charge is 0.516 e. The molecule has 0 saturated carbocycles. The second-order valence-corrected chi connectivity index (χ2v) is 10.6. The summed E-state index contributed by atoms with van der Waals surface area (Å²) >= 11 is 0. The van der Waals surface area contributed by atoms with Crippen molar-refractivity contribution in [3.8, 4) is 0 Å². The zero-order valence-corrected chi connectivity index (χ0v) is 13.4. The molecule has 17 heavy (non-hydrogen) atoms. The van der Waals surface area contributed by atoms with E-state index in [0.717, 1.165) is 6.42 Å². The SMILES string of the molecule is C=C(C)C(=O)O[Si](C)(C)C(C)(C)CCCCC. The monoisotopic (exact) mass is 256 g/mol. The second kappa shape index (κ2) is 6.38. The molecular formula is C14H28O2Si. The Hall–Kier alpha value is -0.573. The van der Waals surface area contributed by atoms with Crippen molar-refractivity contribution in [2.24, 2.45) is 0 Å². The average Bonchev–Trinajstić information content (AvgIpc) is 2.16. The summed E-state index contributed by atoms with van der Waals surface area (Å²) in [6.45, 7) is 16.2. The first-order chi connectivity index (χ1) is 7.64. The van der Waals surface area contributed by atoms with E-state index < -0.39 is 8.32 Å². The fourth-order valence-electron chi connectivity index (χ4n) is 1.57. The summed E-state index contributed by atoms with van der Waals surface area (Å²) in [4.78, 5) is 11.6. The Labute approximate surface area is 108 Å². The van der Waals surface area contributed by atoms with Gasteiger partial charge in [-0.15, -0.1) is 0 Å². The van der Waals surface area contributed by atoms with Gasteiger partial charge in [-0.2, -0.15) is 0 Å². The molecule has 0 rings (SSSR count). The molecule has 0 aliphatic carbocycles. The lowest BCUT2D eigenvalue weighted by Gasteiger charge is -2.38. The third-order valence-corrected chi connectivity index (χ3v) is 7.94. The highest BCUT2D eigenvalue weighted by atomic mass is 28.4. The van der Waals surface area contributed by atoms with Crippen LogP contribution in [0, 0.1) is 0 Å². The molecule has 0 radical (unpaired) electrons. The van der Waals surface area contributed by atoms with Crippen LogP contribution in [0.2, 0.25) is 18.1 Å². The second-order valence-electron chi connectivity index (χ2n) is 6.02. The normalized spacial score (nSPS) is 12.4.